The summed E-state index contributed by atoms with van der Waals surface area (Å²) < 4.78 is 0. The first-order valence-corrected chi connectivity index (χ1v) is 3.99. The van der Waals surface area contributed by atoms with Crippen molar-refractivity contribution in [3.05, 3.63) is 0 Å². The van der Waals surface area contributed by atoms with Crippen LogP contribution in [-0.4, -0.2) is 12.3 Å². The number of ketones is 1. The molecule has 0 unspecified atom stereocenters. The topological polar surface area (TPSA) is 43.1 Å². The van der Waals surface area contributed by atoms with Crippen LogP contribution in [0.25, 0.3) is 0 Å². The summed E-state index contributed by atoms with van der Waals surface area (Å²) in [5, 5.41) is 0. The summed E-state index contributed by atoms with van der Waals surface area (Å²) in [5.41, 5.74) is 5.26. The number of Topliss-reactive ketones (excluding diaryl/α,β-unsaturated/α-hetero) is 1. The van der Waals surface area contributed by atoms with Gasteiger partial charge in [0.15, 0.2) is 0 Å². The average Bonchev–Trinajstić information content (AvgIpc) is 1.91. The van der Waals surface area contributed by atoms with Crippen LogP contribution in [0.2, 0.25) is 0 Å². The van der Waals surface area contributed by atoms with E-state index in [4.69, 9.17) is 5.73 Å². The molecule has 0 saturated heterocycles. The van der Waals surface area contributed by atoms with Crippen LogP contribution >= 0.6 is 0 Å². The zero-order valence-corrected chi connectivity index (χ0v) is 6.89. The van der Waals surface area contributed by atoms with Gasteiger partial charge in [-0.25, -0.2) is 0 Å². The Labute approximate surface area is 62.8 Å². The first-order chi connectivity index (χ1) is 4.76. The van der Waals surface area contributed by atoms with Gasteiger partial charge in [-0.2, -0.15) is 0 Å². The molecule has 0 aliphatic carbocycles. The van der Waals surface area contributed by atoms with Gasteiger partial charge in [-0.3, -0.25) is 4.79 Å². The van der Waals surface area contributed by atoms with Crippen LogP contribution in [0.4, 0.5) is 0 Å². The van der Waals surface area contributed by atoms with E-state index in [-0.39, 0.29) is 5.92 Å². The number of carbonyl (C=O) groups excluding carboxylic acids is 1. The van der Waals surface area contributed by atoms with E-state index in [1.165, 1.54) is 0 Å². The van der Waals surface area contributed by atoms with Gasteiger partial charge < -0.3 is 5.73 Å². The minimum Gasteiger partial charge on any atom is -0.330 e. The highest BCUT2D eigenvalue weighted by atomic mass is 16.1. The van der Waals surface area contributed by atoms with Crippen molar-refractivity contribution in [2.45, 2.75) is 33.1 Å². The molecule has 0 fully saturated rings. The van der Waals surface area contributed by atoms with Crippen LogP contribution in [0.3, 0.4) is 0 Å². The van der Waals surface area contributed by atoms with Crippen LogP contribution < -0.4 is 5.73 Å². The first kappa shape index (κ1) is 9.63. The standard InChI is InChI=1S/C8H17NO/c1-3-7(4-2)8(10)5-6-9/h7H,3-6,9H2,1-2H3. The second kappa shape index (κ2) is 5.42. The molecule has 2 nitrogen and oxygen atoms in total. The van der Waals surface area contributed by atoms with E-state index >= 15 is 0 Å². The summed E-state index contributed by atoms with van der Waals surface area (Å²) in [7, 11) is 0. The Bertz CT molecular complexity index is 97.4. The van der Waals surface area contributed by atoms with Gasteiger partial charge in [-0.1, -0.05) is 13.8 Å². The summed E-state index contributed by atoms with van der Waals surface area (Å²) in [6.45, 7) is 4.58. The number of hydrogen-bond acceptors (Lipinski definition) is 2. The summed E-state index contributed by atoms with van der Waals surface area (Å²) >= 11 is 0. The Kier molecular flexibility index (Phi) is 5.22. The zero-order valence-electron chi connectivity index (χ0n) is 6.89. The lowest BCUT2D eigenvalue weighted by Gasteiger charge is -2.08. The van der Waals surface area contributed by atoms with Crippen molar-refractivity contribution >= 4 is 5.78 Å². The Morgan fingerprint density at radius 3 is 2.20 bits per heavy atom. The maximum Gasteiger partial charge on any atom is 0.137 e. The van der Waals surface area contributed by atoms with Crippen LogP contribution in [0.1, 0.15) is 33.1 Å². The lowest BCUT2D eigenvalue weighted by atomic mass is 9.96. The molecule has 0 aromatic heterocycles. The van der Waals surface area contributed by atoms with E-state index < -0.39 is 0 Å². The highest BCUT2D eigenvalue weighted by molar-refractivity contribution is 5.80. The third kappa shape index (κ3) is 2.97. The molecule has 2 N–H and O–H groups in total. The monoisotopic (exact) mass is 143 g/mol. The largest absolute Gasteiger partial charge is 0.330 e. The smallest absolute Gasteiger partial charge is 0.137 e. The first-order valence-electron chi connectivity index (χ1n) is 3.99. The highest BCUT2D eigenvalue weighted by Gasteiger charge is 2.11. The van der Waals surface area contributed by atoms with E-state index in [0.29, 0.717) is 18.7 Å². The molecule has 10 heavy (non-hydrogen) atoms. The molecular weight excluding hydrogens is 126 g/mol. The van der Waals surface area contributed by atoms with Crippen molar-refractivity contribution < 1.29 is 4.79 Å². The molecule has 0 aliphatic rings. The number of hydrogen-bond donors (Lipinski definition) is 1. The van der Waals surface area contributed by atoms with Crippen molar-refractivity contribution in [1.82, 2.24) is 0 Å². The molecule has 0 atom stereocenters. The van der Waals surface area contributed by atoms with Crippen LogP contribution in [-0.2, 0) is 4.79 Å². The SMILES string of the molecule is CCC(CC)C(=O)CCN. The van der Waals surface area contributed by atoms with Crippen molar-refractivity contribution in [1.29, 1.82) is 0 Å². The molecule has 0 radical (unpaired) electrons. The zero-order chi connectivity index (χ0) is 7.98. The molecule has 0 aromatic carbocycles. The van der Waals surface area contributed by atoms with Gasteiger partial charge in [0.1, 0.15) is 5.78 Å². The average molecular weight is 143 g/mol. The van der Waals surface area contributed by atoms with E-state index in [1.54, 1.807) is 0 Å². The maximum absolute atomic E-state index is 11.1. The van der Waals surface area contributed by atoms with E-state index in [9.17, 15) is 4.79 Å². The van der Waals surface area contributed by atoms with Gasteiger partial charge in [-0.05, 0) is 19.4 Å². The summed E-state index contributed by atoms with van der Waals surface area (Å²) in [4.78, 5) is 11.1. The molecule has 0 bridgehead atoms. The van der Waals surface area contributed by atoms with Gasteiger partial charge in [0.05, 0.1) is 0 Å². The van der Waals surface area contributed by atoms with Crippen LogP contribution in [0.15, 0.2) is 0 Å². The van der Waals surface area contributed by atoms with Gasteiger partial charge in [0.2, 0.25) is 0 Å². The summed E-state index contributed by atoms with van der Waals surface area (Å²) in [5.74, 6) is 0.580. The lowest BCUT2D eigenvalue weighted by molar-refractivity contribution is -0.122. The van der Waals surface area contributed by atoms with Crippen molar-refractivity contribution in [2.75, 3.05) is 6.54 Å². The second-order valence-corrected chi connectivity index (χ2v) is 2.52. The number of carbonyl (C=O) groups is 1. The molecule has 60 valence electrons. The minimum absolute atomic E-state index is 0.253. The van der Waals surface area contributed by atoms with Crippen LogP contribution in [0, 0.1) is 5.92 Å². The Morgan fingerprint density at radius 1 is 1.40 bits per heavy atom. The molecule has 2 heteroatoms. The highest BCUT2D eigenvalue weighted by Crippen LogP contribution is 2.09. The molecule has 0 amide bonds. The van der Waals surface area contributed by atoms with Crippen molar-refractivity contribution in [2.24, 2.45) is 11.7 Å². The van der Waals surface area contributed by atoms with E-state index in [1.807, 2.05) is 13.8 Å². The predicted molar refractivity (Wildman–Crippen MR) is 42.8 cm³/mol. The third-order valence-electron chi connectivity index (χ3n) is 1.83. The van der Waals surface area contributed by atoms with E-state index in [2.05, 4.69) is 0 Å². The molecule has 0 saturated carbocycles. The lowest BCUT2D eigenvalue weighted by Crippen LogP contribution is -2.16. The normalized spacial score (nSPS) is 10.4. The molecule has 0 spiro atoms. The number of rotatable bonds is 5. The Balaban J connectivity index is 3.65. The van der Waals surface area contributed by atoms with Crippen molar-refractivity contribution in [3.63, 3.8) is 0 Å². The second-order valence-electron chi connectivity index (χ2n) is 2.52. The fraction of sp³-hybridized carbons (Fsp3) is 0.875. The van der Waals surface area contributed by atoms with E-state index in [0.717, 1.165) is 12.8 Å². The third-order valence-corrected chi connectivity index (χ3v) is 1.83. The molecule has 0 aliphatic heterocycles. The van der Waals surface area contributed by atoms with Gasteiger partial charge in [-0.15, -0.1) is 0 Å². The number of nitrogens with two attached hydrogens (primary N) is 1. The quantitative estimate of drug-likeness (QED) is 0.631. The minimum atomic E-state index is 0.253. The van der Waals surface area contributed by atoms with Crippen LogP contribution in [0.5, 0.6) is 0 Å². The molecule has 0 heterocycles. The molecular formula is C8H17NO. The van der Waals surface area contributed by atoms with Crippen molar-refractivity contribution in [3.8, 4) is 0 Å². The predicted octanol–water partition coefficient (Wildman–Crippen LogP) is 1.34. The fourth-order valence-corrected chi connectivity index (χ4v) is 1.09. The molecule has 0 rings (SSSR count). The maximum atomic E-state index is 11.1. The van der Waals surface area contributed by atoms with Gasteiger partial charge in [0.25, 0.3) is 0 Å². The Morgan fingerprint density at radius 2 is 1.90 bits per heavy atom. The summed E-state index contributed by atoms with van der Waals surface area (Å²) in [6, 6.07) is 0. The summed E-state index contributed by atoms with van der Waals surface area (Å²) in [6.07, 6.45) is 2.46. The fourth-order valence-electron chi connectivity index (χ4n) is 1.09. The van der Waals surface area contributed by atoms with Gasteiger partial charge >= 0.3 is 0 Å². The molecule has 0 aromatic rings. The van der Waals surface area contributed by atoms with Gasteiger partial charge in [0, 0.05) is 12.3 Å². The Hall–Kier alpha value is -0.370.